The molecule has 2 aromatic carbocycles. The van der Waals surface area contributed by atoms with E-state index in [-0.39, 0.29) is 29.4 Å². The maximum absolute atomic E-state index is 12.9. The molecule has 1 aliphatic rings. The van der Waals surface area contributed by atoms with Crippen LogP contribution < -0.4 is 9.62 Å². The van der Waals surface area contributed by atoms with Crippen LogP contribution in [0.25, 0.3) is 0 Å². The number of nitrogens with one attached hydrogen (secondary N) is 1. The molecule has 0 aromatic heterocycles. The topological polar surface area (TPSA) is 69.7 Å². The zero-order chi connectivity index (χ0) is 20.5. The number of rotatable bonds is 6. The first-order valence-corrected chi connectivity index (χ1v) is 10.8. The Kier molecular flexibility index (Phi) is 5.88. The van der Waals surface area contributed by atoms with Crippen LogP contribution in [0.3, 0.4) is 0 Å². The van der Waals surface area contributed by atoms with Crippen molar-refractivity contribution in [1.29, 1.82) is 0 Å². The van der Waals surface area contributed by atoms with Gasteiger partial charge in [0, 0.05) is 31.2 Å². The van der Waals surface area contributed by atoms with Gasteiger partial charge in [-0.1, -0.05) is 30.3 Å². The highest BCUT2D eigenvalue weighted by molar-refractivity contribution is 7.89. The summed E-state index contributed by atoms with van der Waals surface area (Å²) in [6.07, 6.45) is 0.655. The van der Waals surface area contributed by atoms with Gasteiger partial charge in [0.15, 0.2) is 0 Å². The zero-order valence-electron chi connectivity index (χ0n) is 16.7. The molecular formula is C21H27N3O3S. The Labute approximate surface area is 167 Å². The second kappa shape index (κ2) is 8.03. The molecule has 0 bridgehead atoms. The molecule has 3 rings (SSSR count). The summed E-state index contributed by atoms with van der Waals surface area (Å²) in [6.45, 7) is 3.77. The third kappa shape index (κ3) is 4.11. The van der Waals surface area contributed by atoms with Crippen LogP contribution >= 0.6 is 0 Å². The molecule has 0 saturated heterocycles. The SMILES string of the molecule is CC(=O)N1c2ccc(S(=O)(=O)NC[C@H](c3ccccc3)N(C)C)cc2C[C@H]1C. The predicted molar refractivity (Wildman–Crippen MR) is 111 cm³/mol. The smallest absolute Gasteiger partial charge is 0.240 e. The zero-order valence-corrected chi connectivity index (χ0v) is 17.5. The molecule has 28 heavy (non-hydrogen) atoms. The van der Waals surface area contributed by atoms with Gasteiger partial charge in [0.05, 0.1) is 4.90 Å². The highest BCUT2D eigenvalue weighted by Crippen LogP contribution is 2.34. The Hall–Kier alpha value is -2.22. The van der Waals surface area contributed by atoms with E-state index in [4.69, 9.17) is 0 Å². The van der Waals surface area contributed by atoms with Gasteiger partial charge < -0.3 is 9.80 Å². The van der Waals surface area contributed by atoms with Gasteiger partial charge in [0.1, 0.15) is 0 Å². The number of nitrogens with zero attached hydrogens (tertiary/aromatic N) is 2. The fourth-order valence-corrected chi connectivity index (χ4v) is 4.89. The molecule has 0 fully saturated rings. The average molecular weight is 402 g/mol. The lowest BCUT2D eigenvalue weighted by atomic mass is 10.1. The standard InChI is InChI=1S/C21H27N3O3S/c1-15-12-18-13-19(10-11-20(18)24(15)16(2)25)28(26,27)22-14-21(23(3)4)17-8-6-5-7-9-17/h5-11,13,15,21-22H,12,14H2,1-4H3/t15-,21-/m1/s1. The Morgan fingerprint density at radius 1 is 1.21 bits per heavy atom. The number of sulfonamides is 1. The quantitative estimate of drug-likeness (QED) is 0.808. The van der Waals surface area contributed by atoms with E-state index in [1.165, 1.54) is 6.92 Å². The maximum atomic E-state index is 12.9. The van der Waals surface area contributed by atoms with Crippen LogP contribution in [-0.4, -0.2) is 45.9 Å². The summed E-state index contributed by atoms with van der Waals surface area (Å²) in [5.74, 6) is -0.0309. The molecule has 1 aliphatic heterocycles. The number of benzene rings is 2. The van der Waals surface area contributed by atoms with Crippen molar-refractivity contribution in [3.63, 3.8) is 0 Å². The van der Waals surface area contributed by atoms with Crippen molar-refractivity contribution < 1.29 is 13.2 Å². The van der Waals surface area contributed by atoms with Gasteiger partial charge in [-0.2, -0.15) is 0 Å². The van der Waals surface area contributed by atoms with E-state index in [1.807, 2.05) is 56.3 Å². The van der Waals surface area contributed by atoms with Gasteiger partial charge in [-0.3, -0.25) is 4.79 Å². The highest BCUT2D eigenvalue weighted by atomic mass is 32.2. The lowest BCUT2D eigenvalue weighted by molar-refractivity contribution is -0.116. The van der Waals surface area contributed by atoms with E-state index in [9.17, 15) is 13.2 Å². The van der Waals surface area contributed by atoms with E-state index < -0.39 is 10.0 Å². The highest BCUT2D eigenvalue weighted by Gasteiger charge is 2.30. The Balaban J connectivity index is 1.80. The molecule has 2 atom stereocenters. The largest absolute Gasteiger partial charge is 0.309 e. The van der Waals surface area contributed by atoms with Crippen molar-refractivity contribution in [2.75, 3.05) is 25.5 Å². The molecule has 2 aromatic rings. The predicted octanol–water partition coefficient (Wildman–Crippen LogP) is 2.57. The Morgan fingerprint density at radius 2 is 1.89 bits per heavy atom. The minimum absolute atomic E-state index is 0.0309. The van der Waals surface area contributed by atoms with Gasteiger partial charge in [-0.05, 0) is 56.8 Å². The van der Waals surface area contributed by atoms with Crippen molar-refractivity contribution >= 4 is 21.6 Å². The van der Waals surface area contributed by atoms with E-state index in [1.54, 1.807) is 23.1 Å². The first kappa shape index (κ1) is 20.5. The molecule has 1 heterocycles. The molecular weight excluding hydrogens is 374 g/mol. The van der Waals surface area contributed by atoms with Crippen molar-refractivity contribution in [2.24, 2.45) is 0 Å². The summed E-state index contributed by atoms with van der Waals surface area (Å²) in [5, 5.41) is 0. The first-order chi connectivity index (χ1) is 13.2. The van der Waals surface area contributed by atoms with Crippen molar-refractivity contribution in [1.82, 2.24) is 9.62 Å². The lowest BCUT2D eigenvalue weighted by Crippen LogP contribution is -2.34. The molecule has 7 heteroatoms. The van der Waals surface area contributed by atoms with Crippen LogP contribution in [0.2, 0.25) is 0 Å². The second-order valence-corrected chi connectivity index (χ2v) is 9.24. The lowest BCUT2D eigenvalue weighted by Gasteiger charge is -2.25. The normalized spacial score (nSPS) is 17.6. The summed E-state index contributed by atoms with van der Waals surface area (Å²) in [6, 6.07) is 14.8. The van der Waals surface area contributed by atoms with Crippen LogP contribution in [-0.2, 0) is 21.2 Å². The molecule has 1 amide bonds. The van der Waals surface area contributed by atoms with Crippen molar-refractivity contribution in [3.05, 3.63) is 59.7 Å². The van der Waals surface area contributed by atoms with Gasteiger partial charge in [-0.15, -0.1) is 0 Å². The van der Waals surface area contributed by atoms with Gasteiger partial charge in [-0.25, -0.2) is 13.1 Å². The second-order valence-electron chi connectivity index (χ2n) is 7.47. The molecule has 0 radical (unpaired) electrons. The summed E-state index contributed by atoms with van der Waals surface area (Å²) >= 11 is 0. The number of carbonyl (C=O) groups excluding carboxylic acids is 1. The van der Waals surface area contributed by atoms with Crippen molar-refractivity contribution in [2.45, 2.75) is 37.2 Å². The van der Waals surface area contributed by atoms with Gasteiger partial charge >= 0.3 is 0 Å². The van der Waals surface area contributed by atoms with Gasteiger partial charge in [0.25, 0.3) is 0 Å². The number of hydrogen-bond acceptors (Lipinski definition) is 4. The van der Waals surface area contributed by atoms with Crippen LogP contribution in [0.15, 0.2) is 53.4 Å². The Bertz CT molecular complexity index is 958. The summed E-state index contributed by atoms with van der Waals surface area (Å²) < 4.78 is 28.5. The minimum Gasteiger partial charge on any atom is -0.309 e. The van der Waals surface area contributed by atoms with Crippen LogP contribution in [0.1, 0.15) is 31.0 Å². The maximum Gasteiger partial charge on any atom is 0.240 e. The summed E-state index contributed by atoms with van der Waals surface area (Å²) in [7, 11) is 0.206. The van der Waals surface area contributed by atoms with E-state index >= 15 is 0 Å². The van der Waals surface area contributed by atoms with E-state index in [2.05, 4.69) is 4.72 Å². The van der Waals surface area contributed by atoms with E-state index in [0.29, 0.717) is 6.42 Å². The first-order valence-electron chi connectivity index (χ1n) is 9.34. The number of amides is 1. The summed E-state index contributed by atoms with van der Waals surface area (Å²) in [4.78, 5) is 15.8. The Morgan fingerprint density at radius 3 is 2.50 bits per heavy atom. The average Bonchev–Trinajstić information content (AvgIpc) is 2.97. The molecule has 0 spiro atoms. The number of carbonyl (C=O) groups is 1. The number of fused-ring (bicyclic) bond motifs is 1. The molecule has 6 nitrogen and oxygen atoms in total. The molecule has 1 N–H and O–H groups in total. The van der Waals surface area contributed by atoms with E-state index in [0.717, 1.165) is 16.8 Å². The molecule has 0 aliphatic carbocycles. The van der Waals surface area contributed by atoms with Crippen LogP contribution in [0.4, 0.5) is 5.69 Å². The third-order valence-electron chi connectivity index (χ3n) is 5.19. The fraction of sp³-hybridized carbons (Fsp3) is 0.381. The number of anilines is 1. The van der Waals surface area contributed by atoms with Crippen molar-refractivity contribution in [3.8, 4) is 0 Å². The minimum atomic E-state index is -3.65. The monoisotopic (exact) mass is 401 g/mol. The summed E-state index contributed by atoms with van der Waals surface area (Å²) in [5.41, 5.74) is 2.74. The fourth-order valence-electron chi connectivity index (χ4n) is 3.80. The molecule has 0 saturated carbocycles. The van der Waals surface area contributed by atoms with Crippen LogP contribution in [0.5, 0.6) is 0 Å². The number of likely N-dealkylation sites (N-methyl/N-ethyl adjacent to an activating group) is 1. The molecule has 150 valence electrons. The van der Waals surface area contributed by atoms with Crippen LogP contribution in [0, 0.1) is 0 Å². The number of hydrogen-bond donors (Lipinski definition) is 1. The third-order valence-corrected chi connectivity index (χ3v) is 6.61. The van der Waals surface area contributed by atoms with Gasteiger partial charge in [0.2, 0.25) is 15.9 Å². The molecule has 0 unspecified atom stereocenters.